The van der Waals surface area contributed by atoms with Crippen LogP contribution in [0.5, 0.6) is 0 Å². The summed E-state index contributed by atoms with van der Waals surface area (Å²) in [4.78, 5) is 1.87. The van der Waals surface area contributed by atoms with E-state index in [1.165, 1.54) is 12.1 Å². The maximum atomic E-state index is 13.2. The van der Waals surface area contributed by atoms with Crippen LogP contribution in [-0.2, 0) is 10.0 Å². The fourth-order valence-electron chi connectivity index (χ4n) is 1.71. The van der Waals surface area contributed by atoms with Gasteiger partial charge in [-0.25, -0.2) is 17.5 Å². The largest absolute Gasteiger partial charge is 0.395 e. The van der Waals surface area contributed by atoms with Crippen molar-refractivity contribution in [2.45, 2.75) is 18.7 Å². The number of hydrogen-bond donors (Lipinski definition) is 2. The van der Waals surface area contributed by atoms with Crippen LogP contribution >= 0.6 is 0 Å². The number of rotatable bonds is 7. The van der Waals surface area contributed by atoms with Crippen molar-refractivity contribution < 1.29 is 12.8 Å². The quantitative estimate of drug-likeness (QED) is 0.735. The molecule has 7 heteroatoms. The molecule has 0 saturated heterocycles. The molecular weight excluding hydrogens is 269 g/mol. The molecular formula is C12H20FN3O2S. The highest BCUT2D eigenvalue weighted by Crippen LogP contribution is 2.20. The summed E-state index contributed by atoms with van der Waals surface area (Å²) in [6.07, 6.45) is 0. The van der Waals surface area contributed by atoms with E-state index in [9.17, 15) is 12.8 Å². The van der Waals surface area contributed by atoms with Crippen LogP contribution in [0.3, 0.4) is 0 Å². The highest BCUT2D eigenvalue weighted by Gasteiger charge is 2.19. The maximum absolute atomic E-state index is 13.2. The van der Waals surface area contributed by atoms with Crippen LogP contribution in [0.4, 0.5) is 10.1 Å². The molecule has 0 bridgehead atoms. The highest BCUT2D eigenvalue weighted by molar-refractivity contribution is 7.89. The summed E-state index contributed by atoms with van der Waals surface area (Å²) in [6.45, 7) is 6.56. The van der Waals surface area contributed by atoms with Crippen LogP contribution in [-0.4, -0.2) is 39.5 Å². The molecule has 1 aromatic carbocycles. The molecule has 0 unspecified atom stereocenters. The zero-order chi connectivity index (χ0) is 14.5. The molecule has 1 aromatic rings. The van der Waals surface area contributed by atoms with Crippen LogP contribution in [0.2, 0.25) is 0 Å². The Bertz CT molecular complexity index is 516. The summed E-state index contributed by atoms with van der Waals surface area (Å²) in [5, 5.41) is 0. The third-order valence-corrected chi connectivity index (χ3v) is 4.44. The van der Waals surface area contributed by atoms with Gasteiger partial charge >= 0.3 is 0 Å². The number of sulfonamides is 1. The lowest BCUT2D eigenvalue weighted by atomic mass is 10.3. The van der Waals surface area contributed by atoms with Crippen molar-refractivity contribution in [2.24, 2.45) is 0 Å². The number of hydrogen-bond acceptors (Lipinski definition) is 4. The maximum Gasteiger partial charge on any atom is 0.242 e. The van der Waals surface area contributed by atoms with Crippen LogP contribution < -0.4 is 10.5 Å². The number of benzene rings is 1. The number of anilines is 1. The molecule has 0 atom stereocenters. The Morgan fingerprint density at radius 3 is 2.53 bits per heavy atom. The van der Waals surface area contributed by atoms with Crippen LogP contribution in [0.15, 0.2) is 23.1 Å². The lowest BCUT2D eigenvalue weighted by molar-refractivity contribution is 0.309. The first-order chi connectivity index (χ1) is 8.92. The number of halogens is 1. The van der Waals surface area contributed by atoms with Crippen LogP contribution in [0.25, 0.3) is 0 Å². The average Bonchev–Trinajstić information content (AvgIpc) is 2.37. The van der Waals surface area contributed by atoms with E-state index in [0.29, 0.717) is 6.54 Å². The average molecular weight is 289 g/mol. The summed E-state index contributed by atoms with van der Waals surface area (Å²) < 4.78 is 39.6. The molecule has 0 heterocycles. The van der Waals surface area contributed by atoms with Crippen molar-refractivity contribution in [1.29, 1.82) is 0 Å². The number of nitrogens with one attached hydrogen (secondary N) is 1. The van der Waals surface area contributed by atoms with Gasteiger partial charge in [0.25, 0.3) is 0 Å². The van der Waals surface area contributed by atoms with Gasteiger partial charge in [0.05, 0.1) is 5.69 Å². The van der Waals surface area contributed by atoms with E-state index in [2.05, 4.69) is 9.62 Å². The minimum Gasteiger partial charge on any atom is -0.395 e. The van der Waals surface area contributed by atoms with Gasteiger partial charge in [0.1, 0.15) is 10.7 Å². The lowest BCUT2D eigenvalue weighted by Crippen LogP contribution is -2.35. The summed E-state index contributed by atoms with van der Waals surface area (Å²) in [5.74, 6) is -0.730. The van der Waals surface area contributed by atoms with E-state index < -0.39 is 15.8 Å². The number of para-hydroxylation sites is 1. The smallest absolute Gasteiger partial charge is 0.242 e. The van der Waals surface area contributed by atoms with E-state index in [4.69, 9.17) is 5.73 Å². The van der Waals surface area contributed by atoms with E-state index >= 15 is 0 Å². The molecule has 3 N–H and O–H groups in total. The molecule has 0 aliphatic carbocycles. The molecule has 19 heavy (non-hydrogen) atoms. The van der Waals surface area contributed by atoms with Gasteiger partial charge in [0.15, 0.2) is 0 Å². The molecule has 0 aliphatic heterocycles. The standard InChI is InChI=1S/C12H20FN3O2S/c1-3-16(4-2)9-8-15-19(17,18)11-7-5-6-10(13)12(11)14/h5-7,15H,3-4,8-9,14H2,1-2H3. The van der Waals surface area contributed by atoms with E-state index in [0.717, 1.165) is 19.2 Å². The summed E-state index contributed by atoms with van der Waals surface area (Å²) in [6, 6.07) is 3.74. The fraction of sp³-hybridized carbons (Fsp3) is 0.500. The van der Waals surface area contributed by atoms with Gasteiger partial charge in [-0.05, 0) is 25.2 Å². The normalized spacial score (nSPS) is 12.0. The Labute approximate surface area is 113 Å². The van der Waals surface area contributed by atoms with Gasteiger partial charge in [0.2, 0.25) is 10.0 Å². The molecule has 0 saturated carbocycles. The lowest BCUT2D eigenvalue weighted by Gasteiger charge is -2.18. The molecule has 0 aliphatic rings. The summed E-state index contributed by atoms with van der Waals surface area (Å²) >= 11 is 0. The Balaban J connectivity index is 2.74. The predicted octanol–water partition coefficient (Wildman–Crippen LogP) is 1.03. The van der Waals surface area contributed by atoms with Crippen molar-refractivity contribution in [1.82, 2.24) is 9.62 Å². The van der Waals surface area contributed by atoms with E-state index in [1.54, 1.807) is 0 Å². The molecule has 1 rings (SSSR count). The molecule has 5 nitrogen and oxygen atoms in total. The van der Waals surface area contributed by atoms with Crippen LogP contribution in [0, 0.1) is 5.82 Å². The number of nitrogens with zero attached hydrogens (tertiary/aromatic N) is 1. The second kappa shape index (κ2) is 6.83. The molecule has 108 valence electrons. The second-order valence-electron chi connectivity index (χ2n) is 4.08. The minimum absolute atomic E-state index is 0.216. The zero-order valence-electron chi connectivity index (χ0n) is 11.2. The Morgan fingerprint density at radius 2 is 1.95 bits per heavy atom. The SMILES string of the molecule is CCN(CC)CCNS(=O)(=O)c1cccc(F)c1N. The van der Waals surface area contributed by atoms with Gasteiger partial charge < -0.3 is 10.6 Å². The van der Waals surface area contributed by atoms with Gasteiger partial charge in [-0.2, -0.15) is 0 Å². The van der Waals surface area contributed by atoms with Crippen molar-refractivity contribution in [3.05, 3.63) is 24.0 Å². The van der Waals surface area contributed by atoms with Gasteiger partial charge in [-0.1, -0.05) is 19.9 Å². The monoisotopic (exact) mass is 289 g/mol. The Morgan fingerprint density at radius 1 is 1.32 bits per heavy atom. The molecule has 0 aromatic heterocycles. The molecule has 0 amide bonds. The molecule has 0 fully saturated rings. The highest BCUT2D eigenvalue weighted by atomic mass is 32.2. The van der Waals surface area contributed by atoms with Crippen molar-refractivity contribution in [3.63, 3.8) is 0 Å². The van der Waals surface area contributed by atoms with Gasteiger partial charge in [-0.15, -0.1) is 0 Å². The molecule has 0 radical (unpaired) electrons. The number of likely N-dealkylation sites (N-methyl/N-ethyl adjacent to an activating group) is 1. The second-order valence-corrected chi connectivity index (χ2v) is 5.81. The first-order valence-electron chi connectivity index (χ1n) is 6.18. The van der Waals surface area contributed by atoms with Gasteiger partial charge in [0, 0.05) is 13.1 Å². The van der Waals surface area contributed by atoms with Crippen LogP contribution in [0.1, 0.15) is 13.8 Å². The topological polar surface area (TPSA) is 75.4 Å². The zero-order valence-corrected chi connectivity index (χ0v) is 12.0. The predicted molar refractivity (Wildman–Crippen MR) is 73.8 cm³/mol. The number of nitrogens with two attached hydrogens (primary N) is 1. The van der Waals surface area contributed by atoms with Crippen molar-refractivity contribution >= 4 is 15.7 Å². The Kier molecular flexibility index (Phi) is 5.71. The third kappa shape index (κ3) is 4.15. The summed E-state index contributed by atoms with van der Waals surface area (Å²) in [7, 11) is -3.77. The third-order valence-electron chi connectivity index (χ3n) is 2.92. The van der Waals surface area contributed by atoms with Crippen molar-refractivity contribution in [2.75, 3.05) is 31.9 Å². The summed E-state index contributed by atoms with van der Waals surface area (Å²) in [5.41, 5.74) is 5.10. The van der Waals surface area contributed by atoms with Gasteiger partial charge in [-0.3, -0.25) is 0 Å². The fourth-order valence-corrected chi connectivity index (χ4v) is 2.87. The first-order valence-corrected chi connectivity index (χ1v) is 7.66. The Hall–Kier alpha value is -1.18. The molecule has 0 spiro atoms. The van der Waals surface area contributed by atoms with E-state index in [-0.39, 0.29) is 17.1 Å². The van der Waals surface area contributed by atoms with E-state index in [1.807, 2.05) is 13.8 Å². The number of nitrogen functional groups attached to an aromatic ring is 1. The first kappa shape index (κ1) is 15.9. The minimum atomic E-state index is -3.77. The van der Waals surface area contributed by atoms with Crippen molar-refractivity contribution in [3.8, 4) is 0 Å².